The monoisotopic (exact) mass is 350 g/mol. The Kier molecular flexibility index (Phi) is 28.7. The maximum absolute atomic E-state index is 8.80. The summed E-state index contributed by atoms with van der Waals surface area (Å²) in [7, 11) is 0. The molecule has 4 nitrogen and oxygen atoms in total. The summed E-state index contributed by atoms with van der Waals surface area (Å²) in [5.74, 6) is 0. The van der Waals surface area contributed by atoms with Gasteiger partial charge in [0.15, 0.2) is 0 Å². The van der Waals surface area contributed by atoms with Crippen LogP contribution >= 0.6 is 0 Å². The van der Waals surface area contributed by atoms with Gasteiger partial charge < -0.3 is 0 Å². The van der Waals surface area contributed by atoms with Gasteiger partial charge in [-0.15, -0.1) is 0 Å². The molecule has 1 radical (unpaired) electrons. The van der Waals surface area contributed by atoms with Crippen LogP contribution in [0.5, 0.6) is 0 Å². The van der Waals surface area contributed by atoms with E-state index in [-0.39, 0.29) is 95.1 Å². The molecular formula is H4CaLaMnO4Ti. The largest absolute Gasteiger partial charge is 0 e. The van der Waals surface area contributed by atoms with Gasteiger partial charge in [-0.2, -0.15) is 0 Å². The molecule has 0 saturated carbocycles. The van der Waals surface area contributed by atoms with E-state index in [0.717, 1.165) is 0 Å². The second kappa shape index (κ2) is 10.2. The summed E-state index contributed by atoms with van der Waals surface area (Å²) in [6.07, 6.45) is 0. The topological polar surface area (TPSA) is 74.6 Å². The Morgan fingerprint density at radius 3 is 1.12 bits per heavy atom. The summed E-state index contributed by atoms with van der Waals surface area (Å²) in [5, 5.41) is 0. The first-order valence-corrected chi connectivity index (χ1v) is 2.67. The summed E-state index contributed by atoms with van der Waals surface area (Å²) in [5.41, 5.74) is 0. The Morgan fingerprint density at radius 1 is 1.12 bits per heavy atom. The van der Waals surface area contributed by atoms with Gasteiger partial charge in [-0.1, -0.05) is 0 Å². The van der Waals surface area contributed by atoms with Crippen LogP contribution in [0.2, 0.25) is 0 Å². The molecule has 0 saturated heterocycles. The third-order valence-electron chi connectivity index (χ3n) is 0. The molecule has 0 aliphatic rings. The molecule has 0 atom stereocenters. The first-order chi connectivity index (χ1) is 2.00. The van der Waals surface area contributed by atoms with Gasteiger partial charge in [0.1, 0.15) is 0 Å². The molecule has 0 spiro atoms. The van der Waals surface area contributed by atoms with Crippen molar-refractivity contribution in [1.82, 2.24) is 0 Å². The van der Waals surface area contributed by atoms with Gasteiger partial charge in [-0.05, 0) is 0 Å². The molecule has 0 aliphatic heterocycles. The van der Waals surface area contributed by atoms with Gasteiger partial charge in [0.2, 0.25) is 0 Å². The summed E-state index contributed by atoms with van der Waals surface area (Å²) >= 11 is -5.12. The van der Waals surface area contributed by atoms with Gasteiger partial charge >= 0.3 is 67.2 Å². The molecule has 0 bridgehead atoms. The normalized spacial score (nSPS) is 7.25. The Morgan fingerprint density at radius 2 is 1.12 bits per heavy atom. The molecular weight excluding hydrogens is 346 g/mol. The zero-order valence-corrected chi connectivity index (χ0v) is 9.53. The molecule has 0 fully saturated rings. The molecule has 8 heteroatoms. The van der Waals surface area contributed by atoms with Gasteiger partial charge in [0, 0.05) is 57.3 Å². The molecule has 0 aromatic rings. The van der Waals surface area contributed by atoms with Gasteiger partial charge in [0.25, 0.3) is 0 Å². The minimum absolute atomic E-state index is 0. The molecule has 2 N–H and O–H groups in total. The zero-order chi connectivity index (χ0) is 4.50. The van der Waals surface area contributed by atoms with Crippen molar-refractivity contribution in [3.05, 3.63) is 0 Å². The van der Waals surface area contributed by atoms with Crippen LogP contribution in [0.15, 0.2) is 0 Å². The number of rotatable bonds is 0. The second-order valence-corrected chi connectivity index (χ2v) is 1.71. The standard InChI is InChI=1S/Ca.La.Mn.2H2O.2O.Ti.2H/h;;;2*1H2;;;;;/q;;+2;;;;;;;/p-2. The molecule has 0 aromatic heterocycles. The fraction of sp³-hybridized carbons (Fsp3) is 0. The first-order valence-electron chi connectivity index (χ1n) is 0.647. The Balaban J connectivity index is -0.0000000267. The van der Waals surface area contributed by atoms with Gasteiger partial charge in [-0.3, -0.25) is 0 Å². The van der Waals surface area contributed by atoms with Crippen molar-refractivity contribution in [3.63, 3.8) is 0 Å². The van der Waals surface area contributed by atoms with Gasteiger partial charge in [-0.25, -0.2) is 0 Å². The summed E-state index contributed by atoms with van der Waals surface area (Å²) < 4.78 is 31.8. The van der Waals surface area contributed by atoms with Crippen LogP contribution in [0.1, 0.15) is 0 Å². The van der Waals surface area contributed by atoms with Crippen LogP contribution in [0, 0.1) is 35.6 Å². The average molecular weight is 350 g/mol. The van der Waals surface area contributed by atoms with E-state index < -0.39 is 13.4 Å². The molecule has 0 amide bonds. The van der Waals surface area contributed by atoms with E-state index in [4.69, 9.17) is 16.0 Å². The Labute approximate surface area is 122 Å². The van der Waals surface area contributed by atoms with Crippen molar-refractivity contribution in [2.75, 3.05) is 0 Å². The quantitative estimate of drug-likeness (QED) is 0.484. The first kappa shape index (κ1) is 22.5. The molecule has 0 aliphatic carbocycles. The van der Waals surface area contributed by atoms with Crippen LogP contribution in [0.4, 0.5) is 0 Å². The van der Waals surface area contributed by atoms with Crippen LogP contribution in [-0.2, 0) is 42.8 Å². The summed E-state index contributed by atoms with van der Waals surface area (Å²) in [6.45, 7) is 0. The van der Waals surface area contributed by atoms with Crippen molar-refractivity contribution in [2.24, 2.45) is 0 Å². The maximum Gasteiger partial charge on any atom is 0 e. The number of hydrogen-bond donors (Lipinski definition) is 2. The SMILES string of the molecule is [CaH2].[La].[O]=[Mn](=[O])([OH])[OH].[Ti]. The Hall–Kier alpha value is 3.21. The van der Waals surface area contributed by atoms with E-state index >= 15 is 0 Å². The summed E-state index contributed by atoms with van der Waals surface area (Å²) in [4.78, 5) is 0. The van der Waals surface area contributed by atoms with Crippen molar-refractivity contribution in [1.29, 1.82) is 0 Å². The van der Waals surface area contributed by atoms with Crippen LogP contribution < -0.4 is 0 Å². The maximum atomic E-state index is 8.80. The van der Waals surface area contributed by atoms with Crippen LogP contribution in [-0.4, -0.2) is 46.1 Å². The molecule has 0 aromatic carbocycles. The molecule has 44 valence electrons. The predicted octanol–water partition coefficient (Wildman–Crippen LogP) is -2.27. The van der Waals surface area contributed by atoms with Gasteiger partial charge in [0.05, 0.1) is 0 Å². The molecule has 8 heavy (non-hydrogen) atoms. The van der Waals surface area contributed by atoms with Crippen LogP contribution in [0.25, 0.3) is 0 Å². The van der Waals surface area contributed by atoms with E-state index in [9.17, 15) is 0 Å². The number of hydrogen-bond acceptors (Lipinski definition) is 2. The van der Waals surface area contributed by atoms with Crippen molar-refractivity contribution in [2.45, 2.75) is 0 Å². The van der Waals surface area contributed by atoms with Crippen molar-refractivity contribution < 1.29 is 86.7 Å². The molecule has 0 heterocycles. The average Bonchev–Trinajstić information content (AvgIpc) is 0.722. The van der Waals surface area contributed by atoms with E-state index in [1.54, 1.807) is 0 Å². The smallest absolute Gasteiger partial charge is 0 e. The van der Waals surface area contributed by atoms with E-state index in [2.05, 4.69) is 0 Å². The van der Waals surface area contributed by atoms with E-state index in [1.807, 2.05) is 0 Å². The molecule has 0 unspecified atom stereocenters. The fourth-order valence-electron chi connectivity index (χ4n) is 0. The Bertz CT molecular complexity index is 99.2. The van der Waals surface area contributed by atoms with Crippen molar-refractivity contribution in [3.8, 4) is 0 Å². The summed E-state index contributed by atoms with van der Waals surface area (Å²) in [6, 6.07) is 0. The van der Waals surface area contributed by atoms with Crippen LogP contribution in [0.3, 0.4) is 0 Å². The second-order valence-electron chi connectivity index (χ2n) is 0.415. The molecule has 0 rings (SSSR count). The van der Waals surface area contributed by atoms with Crippen molar-refractivity contribution >= 4 is 37.7 Å². The minimum atomic E-state index is -5.12. The third-order valence-corrected chi connectivity index (χ3v) is 0. The van der Waals surface area contributed by atoms with E-state index in [0.29, 0.717) is 0 Å². The predicted molar refractivity (Wildman–Crippen MR) is 14.4 cm³/mol. The zero-order valence-electron chi connectivity index (χ0n) is 3.17. The third kappa shape index (κ3) is 60.3. The van der Waals surface area contributed by atoms with E-state index in [1.165, 1.54) is 0 Å². The minimum Gasteiger partial charge on any atom is 0 e. The fourth-order valence-corrected chi connectivity index (χ4v) is 0.